The highest BCUT2D eigenvalue weighted by Gasteiger charge is 2.29. The summed E-state index contributed by atoms with van der Waals surface area (Å²) < 4.78 is 5.35. The van der Waals surface area contributed by atoms with Gasteiger partial charge in [0.15, 0.2) is 5.82 Å². The second-order valence-electron chi connectivity index (χ2n) is 7.91. The van der Waals surface area contributed by atoms with Crippen LogP contribution in [0.1, 0.15) is 88.3 Å². The zero-order valence-corrected chi connectivity index (χ0v) is 15.8. The Kier molecular flexibility index (Phi) is 7.20. The van der Waals surface area contributed by atoms with E-state index in [9.17, 15) is 9.59 Å². The van der Waals surface area contributed by atoms with Crippen LogP contribution in [0, 0.1) is 11.8 Å². The predicted molar refractivity (Wildman–Crippen MR) is 96.6 cm³/mol. The molecule has 0 aromatic carbocycles. The summed E-state index contributed by atoms with van der Waals surface area (Å²) >= 11 is 0. The molecule has 2 saturated carbocycles. The minimum absolute atomic E-state index is 0.0324. The van der Waals surface area contributed by atoms with Gasteiger partial charge in [-0.3, -0.25) is 14.8 Å². The van der Waals surface area contributed by atoms with Crippen LogP contribution >= 0.6 is 0 Å². The molecule has 0 radical (unpaired) electrons. The summed E-state index contributed by atoms with van der Waals surface area (Å²) in [6.45, 7) is 0.236. The standard InChI is InChI=1S/C19H30N4O4/c24-17(22-26)11-15(8-4-7-13-5-2-1-3-6-13)19-21-16(23-27-19)12-20-18(25)14-9-10-14/h13-15,26H,1-12H2,(H,20,25)(H,22,24)/t15-/m0/s1. The van der Waals surface area contributed by atoms with Gasteiger partial charge in [0.25, 0.3) is 0 Å². The van der Waals surface area contributed by atoms with Gasteiger partial charge in [-0.2, -0.15) is 4.98 Å². The fourth-order valence-corrected chi connectivity index (χ4v) is 3.87. The first-order chi connectivity index (χ1) is 13.2. The maximum atomic E-state index is 11.7. The highest BCUT2D eigenvalue weighted by Crippen LogP contribution is 2.31. The number of rotatable bonds is 10. The Balaban J connectivity index is 1.51. The number of hydroxylamine groups is 1. The van der Waals surface area contributed by atoms with Crippen molar-refractivity contribution < 1.29 is 19.3 Å². The second kappa shape index (κ2) is 9.82. The Morgan fingerprint density at radius 2 is 1.96 bits per heavy atom. The molecule has 150 valence electrons. The summed E-state index contributed by atoms with van der Waals surface area (Å²) in [6.07, 6.45) is 11.5. The normalized spacial score (nSPS) is 18.9. The lowest BCUT2D eigenvalue weighted by Crippen LogP contribution is -2.24. The first-order valence-electron chi connectivity index (χ1n) is 10.2. The van der Waals surface area contributed by atoms with Crippen molar-refractivity contribution in [1.29, 1.82) is 0 Å². The van der Waals surface area contributed by atoms with Gasteiger partial charge in [0.1, 0.15) is 0 Å². The molecule has 1 atom stereocenters. The van der Waals surface area contributed by atoms with Crippen LogP contribution in [0.5, 0.6) is 0 Å². The van der Waals surface area contributed by atoms with Gasteiger partial charge in [-0.1, -0.05) is 50.1 Å². The minimum Gasteiger partial charge on any atom is -0.348 e. The number of nitrogens with zero attached hydrogens (tertiary/aromatic N) is 2. The van der Waals surface area contributed by atoms with Crippen LogP contribution in [0.25, 0.3) is 0 Å². The fraction of sp³-hybridized carbons (Fsp3) is 0.789. The van der Waals surface area contributed by atoms with E-state index < -0.39 is 5.91 Å². The Bertz CT molecular complexity index is 623. The number of hydrogen-bond acceptors (Lipinski definition) is 6. The van der Waals surface area contributed by atoms with Crippen LogP contribution in [0.3, 0.4) is 0 Å². The van der Waals surface area contributed by atoms with Gasteiger partial charge in [0.05, 0.1) is 6.54 Å². The van der Waals surface area contributed by atoms with Crippen molar-refractivity contribution in [3.8, 4) is 0 Å². The summed E-state index contributed by atoms with van der Waals surface area (Å²) in [7, 11) is 0. The summed E-state index contributed by atoms with van der Waals surface area (Å²) in [5.74, 6) is 1.09. The maximum Gasteiger partial charge on any atom is 0.244 e. The molecule has 3 N–H and O–H groups in total. The molecule has 1 aromatic heterocycles. The molecule has 2 aliphatic rings. The monoisotopic (exact) mass is 378 g/mol. The lowest BCUT2D eigenvalue weighted by Gasteiger charge is -2.22. The average Bonchev–Trinajstić information content (AvgIpc) is 3.44. The predicted octanol–water partition coefficient (Wildman–Crippen LogP) is 2.83. The minimum atomic E-state index is -0.459. The van der Waals surface area contributed by atoms with E-state index in [-0.39, 0.29) is 30.7 Å². The van der Waals surface area contributed by atoms with Crippen LogP contribution in [0.15, 0.2) is 4.52 Å². The van der Waals surface area contributed by atoms with E-state index in [0.717, 1.165) is 38.0 Å². The van der Waals surface area contributed by atoms with E-state index >= 15 is 0 Å². The first-order valence-corrected chi connectivity index (χ1v) is 10.2. The van der Waals surface area contributed by atoms with Crippen molar-refractivity contribution >= 4 is 11.8 Å². The lowest BCUT2D eigenvalue weighted by atomic mass is 9.84. The number of carbonyl (C=O) groups excluding carboxylic acids is 2. The quantitative estimate of drug-likeness (QED) is 0.426. The molecule has 0 bridgehead atoms. The Morgan fingerprint density at radius 3 is 2.67 bits per heavy atom. The van der Waals surface area contributed by atoms with E-state index in [1.807, 2.05) is 0 Å². The molecule has 1 aromatic rings. The van der Waals surface area contributed by atoms with Crippen LogP contribution in [0.4, 0.5) is 0 Å². The molecule has 2 aliphatic carbocycles. The van der Waals surface area contributed by atoms with E-state index in [2.05, 4.69) is 15.5 Å². The van der Waals surface area contributed by atoms with Crippen molar-refractivity contribution in [1.82, 2.24) is 20.9 Å². The SMILES string of the molecule is O=C(C[C@H](CCCC1CCCCC1)c1nc(CNC(=O)C2CC2)no1)NO. The fourth-order valence-electron chi connectivity index (χ4n) is 3.87. The zero-order chi connectivity index (χ0) is 19.1. The summed E-state index contributed by atoms with van der Waals surface area (Å²) in [5, 5.41) is 15.6. The second-order valence-corrected chi connectivity index (χ2v) is 7.91. The van der Waals surface area contributed by atoms with E-state index in [1.165, 1.54) is 32.1 Å². The van der Waals surface area contributed by atoms with E-state index in [0.29, 0.717) is 11.7 Å². The van der Waals surface area contributed by atoms with Gasteiger partial charge in [-0.05, 0) is 25.2 Å². The lowest BCUT2D eigenvalue weighted by molar-refractivity contribution is -0.129. The van der Waals surface area contributed by atoms with Gasteiger partial charge in [0.2, 0.25) is 17.7 Å². The largest absolute Gasteiger partial charge is 0.348 e. The van der Waals surface area contributed by atoms with Crippen molar-refractivity contribution in [2.24, 2.45) is 11.8 Å². The van der Waals surface area contributed by atoms with Crippen LogP contribution < -0.4 is 10.8 Å². The van der Waals surface area contributed by atoms with Gasteiger partial charge in [0, 0.05) is 18.3 Å². The third kappa shape index (κ3) is 6.30. The van der Waals surface area contributed by atoms with Crippen LogP contribution in [0.2, 0.25) is 0 Å². The number of amides is 2. The van der Waals surface area contributed by atoms with Crippen molar-refractivity contribution in [2.45, 2.75) is 83.1 Å². The molecule has 0 saturated heterocycles. The zero-order valence-electron chi connectivity index (χ0n) is 15.8. The topological polar surface area (TPSA) is 117 Å². The molecule has 3 rings (SSSR count). The highest BCUT2D eigenvalue weighted by molar-refractivity contribution is 5.80. The molecular formula is C19H30N4O4. The Labute approximate surface area is 159 Å². The van der Waals surface area contributed by atoms with Crippen LogP contribution in [-0.2, 0) is 16.1 Å². The maximum absolute atomic E-state index is 11.7. The number of nitrogens with one attached hydrogen (secondary N) is 2. The molecule has 1 heterocycles. The molecule has 2 fully saturated rings. The molecular weight excluding hydrogens is 348 g/mol. The van der Waals surface area contributed by atoms with Crippen molar-refractivity contribution in [2.75, 3.05) is 0 Å². The summed E-state index contributed by atoms with van der Waals surface area (Å²) in [6, 6.07) is 0. The number of carbonyl (C=O) groups is 2. The smallest absolute Gasteiger partial charge is 0.244 e. The van der Waals surface area contributed by atoms with Gasteiger partial charge < -0.3 is 9.84 Å². The van der Waals surface area contributed by atoms with E-state index in [4.69, 9.17) is 9.73 Å². The van der Waals surface area contributed by atoms with Gasteiger partial charge in [-0.15, -0.1) is 0 Å². The van der Waals surface area contributed by atoms with E-state index in [1.54, 1.807) is 5.48 Å². The molecule has 0 unspecified atom stereocenters. The molecule has 27 heavy (non-hydrogen) atoms. The average molecular weight is 378 g/mol. The van der Waals surface area contributed by atoms with Crippen molar-refractivity contribution in [3.63, 3.8) is 0 Å². The molecule has 0 aliphatic heterocycles. The molecule has 0 spiro atoms. The third-order valence-electron chi connectivity index (χ3n) is 5.65. The highest BCUT2D eigenvalue weighted by atomic mass is 16.5. The number of hydrogen-bond donors (Lipinski definition) is 3. The van der Waals surface area contributed by atoms with Crippen LogP contribution in [-0.4, -0.2) is 27.2 Å². The Hall–Kier alpha value is -1.96. The third-order valence-corrected chi connectivity index (χ3v) is 5.65. The summed E-state index contributed by atoms with van der Waals surface area (Å²) in [5.41, 5.74) is 1.69. The molecule has 8 nitrogen and oxygen atoms in total. The van der Waals surface area contributed by atoms with Gasteiger partial charge >= 0.3 is 0 Å². The first kappa shape index (κ1) is 19.8. The molecule has 8 heteroatoms. The number of aromatic nitrogens is 2. The summed E-state index contributed by atoms with van der Waals surface area (Å²) in [4.78, 5) is 27.7. The van der Waals surface area contributed by atoms with Gasteiger partial charge in [-0.25, -0.2) is 5.48 Å². The van der Waals surface area contributed by atoms with Crippen molar-refractivity contribution in [3.05, 3.63) is 11.7 Å². The molecule has 2 amide bonds. The Morgan fingerprint density at radius 1 is 1.19 bits per heavy atom.